The monoisotopic (exact) mass is 447 g/mol. The number of nitrogens with zero attached hydrogens (tertiary/aromatic N) is 6. The number of alkyl halides is 1. The van der Waals surface area contributed by atoms with Crippen LogP contribution in [-0.2, 0) is 11.8 Å². The zero-order valence-electron chi connectivity index (χ0n) is 18.4. The van der Waals surface area contributed by atoms with E-state index in [4.69, 9.17) is 4.42 Å². The van der Waals surface area contributed by atoms with Crippen molar-refractivity contribution in [1.29, 1.82) is 5.26 Å². The van der Waals surface area contributed by atoms with E-state index in [9.17, 15) is 14.4 Å². The summed E-state index contributed by atoms with van der Waals surface area (Å²) in [6, 6.07) is 9.10. The lowest BCUT2D eigenvalue weighted by Crippen LogP contribution is -2.41. The van der Waals surface area contributed by atoms with Crippen molar-refractivity contribution < 1.29 is 13.6 Å². The molecule has 4 aromatic heterocycles. The van der Waals surface area contributed by atoms with Gasteiger partial charge in [-0.1, -0.05) is 6.07 Å². The summed E-state index contributed by atoms with van der Waals surface area (Å²) in [5, 5.41) is 14.1. The van der Waals surface area contributed by atoms with Gasteiger partial charge in [0.15, 0.2) is 0 Å². The van der Waals surface area contributed by atoms with Gasteiger partial charge in [-0.25, -0.2) is 18.9 Å². The number of aromatic amines is 1. The molecule has 168 valence electrons. The second-order valence-corrected chi connectivity index (χ2v) is 8.64. The van der Waals surface area contributed by atoms with Crippen molar-refractivity contribution in [1.82, 2.24) is 29.5 Å². The Morgan fingerprint density at radius 3 is 2.97 bits per heavy atom. The molecule has 5 heterocycles. The fourth-order valence-electron chi connectivity index (χ4n) is 4.09. The standard InChI is InChI=1S/C23H22FN7O2/c1-13(24)17-20(33-22(28-17)23(2,3)11-25)21(32)30-9-7-15-18(27-12-26-15)19(30)16-10-14-6-4-5-8-31(14)29-16/h4-6,8,10,12-13,19H,7,9H2,1-3H3,(H,26,27)/t13?,19-/m0/s1. The van der Waals surface area contributed by atoms with Crippen LogP contribution < -0.4 is 0 Å². The molecule has 5 rings (SSSR count). The first-order valence-electron chi connectivity index (χ1n) is 10.6. The van der Waals surface area contributed by atoms with Gasteiger partial charge in [-0.3, -0.25) is 4.79 Å². The predicted molar refractivity (Wildman–Crippen MR) is 115 cm³/mol. The molecule has 0 fully saturated rings. The maximum absolute atomic E-state index is 14.5. The number of hydrogen-bond donors (Lipinski definition) is 1. The van der Waals surface area contributed by atoms with Crippen LogP contribution >= 0.6 is 0 Å². The third kappa shape index (κ3) is 3.36. The average Bonchev–Trinajstić information content (AvgIpc) is 3.55. The SMILES string of the molecule is CC(F)c1nc(C(C)(C)C#N)oc1C(=O)N1CCc2[nH]cnc2[C@@H]1c1cc2ccccn2n1. The van der Waals surface area contributed by atoms with Crippen molar-refractivity contribution in [2.45, 2.75) is 44.8 Å². The Hall–Kier alpha value is -4.00. The highest BCUT2D eigenvalue weighted by atomic mass is 19.1. The number of amides is 1. The van der Waals surface area contributed by atoms with Crippen LogP contribution in [0.3, 0.4) is 0 Å². The predicted octanol–water partition coefficient (Wildman–Crippen LogP) is 3.66. The summed E-state index contributed by atoms with van der Waals surface area (Å²) in [7, 11) is 0. The Morgan fingerprint density at radius 1 is 1.42 bits per heavy atom. The molecule has 0 aromatic carbocycles. The van der Waals surface area contributed by atoms with Crippen molar-refractivity contribution in [2.24, 2.45) is 0 Å². The number of carbonyl (C=O) groups is 1. The van der Waals surface area contributed by atoms with Crippen LogP contribution in [0, 0.1) is 11.3 Å². The van der Waals surface area contributed by atoms with E-state index in [-0.39, 0.29) is 17.3 Å². The number of imidazole rings is 1. The molecule has 0 saturated heterocycles. The summed E-state index contributed by atoms with van der Waals surface area (Å²) in [5.41, 5.74) is 1.89. The molecule has 0 saturated carbocycles. The summed E-state index contributed by atoms with van der Waals surface area (Å²) < 4.78 is 21.9. The van der Waals surface area contributed by atoms with Gasteiger partial charge < -0.3 is 14.3 Å². The van der Waals surface area contributed by atoms with Crippen LogP contribution in [0.25, 0.3) is 5.52 Å². The van der Waals surface area contributed by atoms with E-state index in [1.807, 2.05) is 30.5 Å². The fraction of sp³-hybridized carbons (Fsp3) is 0.348. The molecule has 2 atom stereocenters. The number of H-pyrrole nitrogens is 1. The van der Waals surface area contributed by atoms with Gasteiger partial charge in [-0.05, 0) is 39.0 Å². The third-order valence-electron chi connectivity index (χ3n) is 5.89. The number of carbonyl (C=O) groups excluding carboxylic acids is 1. The zero-order valence-corrected chi connectivity index (χ0v) is 18.4. The van der Waals surface area contributed by atoms with Gasteiger partial charge in [0.25, 0.3) is 5.91 Å². The Kier molecular flexibility index (Phi) is 4.78. The molecular weight excluding hydrogens is 425 g/mol. The van der Waals surface area contributed by atoms with Gasteiger partial charge in [0.2, 0.25) is 11.7 Å². The molecule has 1 N–H and O–H groups in total. The van der Waals surface area contributed by atoms with Crippen molar-refractivity contribution in [3.63, 3.8) is 0 Å². The molecule has 1 unspecified atom stereocenters. The molecular formula is C23H22FN7O2. The molecule has 9 nitrogen and oxygen atoms in total. The third-order valence-corrected chi connectivity index (χ3v) is 5.89. The fourth-order valence-corrected chi connectivity index (χ4v) is 4.09. The van der Waals surface area contributed by atoms with Gasteiger partial charge in [0.05, 0.1) is 29.3 Å². The molecule has 1 amide bonds. The Labute approximate surface area is 188 Å². The van der Waals surface area contributed by atoms with Crippen molar-refractivity contribution >= 4 is 11.4 Å². The van der Waals surface area contributed by atoms with Gasteiger partial charge in [-0.2, -0.15) is 10.4 Å². The lowest BCUT2D eigenvalue weighted by atomic mass is 9.96. The van der Waals surface area contributed by atoms with E-state index in [1.54, 1.807) is 29.6 Å². The topological polar surface area (TPSA) is 116 Å². The van der Waals surface area contributed by atoms with Crippen molar-refractivity contribution in [2.75, 3.05) is 6.54 Å². The minimum Gasteiger partial charge on any atom is -0.433 e. The van der Waals surface area contributed by atoms with Gasteiger partial charge >= 0.3 is 0 Å². The number of rotatable bonds is 4. The van der Waals surface area contributed by atoms with Gasteiger partial charge in [0, 0.05) is 24.9 Å². The quantitative estimate of drug-likeness (QED) is 0.510. The lowest BCUT2D eigenvalue weighted by molar-refractivity contribution is 0.0647. The molecule has 0 bridgehead atoms. The van der Waals surface area contributed by atoms with Crippen LogP contribution in [-0.4, -0.2) is 41.9 Å². The zero-order chi connectivity index (χ0) is 23.3. The summed E-state index contributed by atoms with van der Waals surface area (Å²) in [5.74, 6) is -0.705. The second kappa shape index (κ2) is 7.55. The van der Waals surface area contributed by atoms with E-state index in [0.29, 0.717) is 24.4 Å². The summed E-state index contributed by atoms with van der Waals surface area (Å²) in [4.78, 5) is 27.1. The highest BCUT2D eigenvalue weighted by Gasteiger charge is 2.40. The molecule has 1 aliphatic heterocycles. The Balaban J connectivity index is 1.62. The number of hydrogen-bond acceptors (Lipinski definition) is 6. The first-order chi connectivity index (χ1) is 15.8. The van der Waals surface area contributed by atoms with Crippen LogP contribution in [0.2, 0.25) is 0 Å². The summed E-state index contributed by atoms with van der Waals surface area (Å²) in [6.45, 7) is 4.86. The number of aromatic nitrogens is 5. The summed E-state index contributed by atoms with van der Waals surface area (Å²) in [6.07, 6.45) is 2.43. The maximum Gasteiger partial charge on any atom is 0.292 e. The molecule has 4 aromatic rings. The summed E-state index contributed by atoms with van der Waals surface area (Å²) >= 11 is 0. The first-order valence-corrected chi connectivity index (χ1v) is 10.6. The van der Waals surface area contributed by atoms with Crippen molar-refractivity contribution in [3.05, 3.63) is 71.2 Å². The van der Waals surface area contributed by atoms with Crippen LogP contribution in [0.1, 0.15) is 72.2 Å². The van der Waals surface area contributed by atoms with Gasteiger partial charge in [-0.15, -0.1) is 0 Å². The molecule has 33 heavy (non-hydrogen) atoms. The maximum atomic E-state index is 14.5. The van der Waals surface area contributed by atoms with Crippen LogP contribution in [0.5, 0.6) is 0 Å². The first kappa shape index (κ1) is 20.9. The Bertz CT molecular complexity index is 1360. The molecule has 0 spiro atoms. The van der Waals surface area contributed by atoms with Crippen molar-refractivity contribution in [3.8, 4) is 6.07 Å². The lowest BCUT2D eigenvalue weighted by Gasteiger charge is -2.33. The number of fused-ring (bicyclic) bond motifs is 2. The van der Waals surface area contributed by atoms with Crippen LogP contribution in [0.15, 0.2) is 41.2 Å². The molecule has 10 heteroatoms. The second-order valence-electron chi connectivity index (χ2n) is 8.64. The number of nitrogens with one attached hydrogen (secondary N) is 1. The number of halogens is 1. The highest BCUT2D eigenvalue weighted by molar-refractivity contribution is 5.93. The minimum absolute atomic E-state index is 0.00889. The molecule has 1 aliphatic rings. The smallest absolute Gasteiger partial charge is 0.292 e. The van der Waals surface area contributed by atoms with E-state index in [1.165, 1.54) is 6.92 Å². The Morgan fingerprint density at radius 2 is 2.24 bits per heavy atom. The normalized spacial score (nSPS) is 17.1. The van der Waals surface area contributed by atoms with E-state index >= 15 is 0 Å². The van der Waals surface area contributed by atoms with E-state index < -0.39 is 23.5 Å². The van der Waals surface area contributed by atoms with E-state index in [2.05, 4.69) is 26.1 Å². The molecule has 0 aliphatic carbocycles. The molecule has 0 radical (unpaired) electrons. The number of pyridine rings is 1. The highest BCUT2D eigenvalue weighted by Crippen LogP contribution is 2.36. The van der Waals surface area contributed by atoms with Gasteiger partial charge in [0.1, 0.15) is 23.3 Å². The largest absolute Gasteiger partial charge is 0.433 e. The van der Waals surface area contributed by atoms with E-state index in [0.717, 1.165) is 11.2 Å². The number of oxazole rings is 1. The minimum atomic E-state index is -1.55. The average molecular weight is 447 g/mol. The van der Waals surface area contributed by atoms with Crippen LogP contribution in [0.4, 0.5) is 4.39 Å². The number of nitriles is 1.